The fraction of sp³-hybridized carbons (Fsp3) is 0.182. The predicted octanol–water partition coefficient (Wildman–Crippen LogP) is 3.77. The van der Waals surface area contributed by atoms with Crippen molar-refractivity contribution in [2.24, 2.45) is 0 Å². The second-order valence-electron chi connectivity index (χ2n) is 6.69. The summed E-state index contributed by atoms with van der Waals surface area (Å²) in [5.41, 5.74) is 9.82. The number of amides is 2. The molecule has 7 heteroatoms. The van der Waals surface area contributed by atoms with E-state index < -0.39 is 0 Å². The maximum atomic E-state index is 12.2. The van der Waals surface area contributed by atoms with E-state index in [0.29, 0.717) is 16.9 Å². The fourth-order valence-corrected chi connectivity index (χ4v) is 3.53. The van der Waals surface area contributed by atoms with E-state index >= 15 is 0 Å². The van der Waals surface area contributed by atoms with Crippen LogP contribution in [-0.2, 0) is 5.75 Å². The predicted molar refractivity (Wildman–Crippen MR) is 114 cm³/mol. The van der Waals surface area contributed by atoms with Crippen LogP contribution in [0.2, 0.25) is 0 Å². The average molecular weight is 407 g/mol. The molecule has 148 valence electrons. The SMILES string of the molecule is Cc1ccc(C(=O)NNC(=O)c2ccc(CSc3nc(C)cc(C)n3)cc2)cc1. The van der Waals surface area contributed by atoms with E-state index in [0.717, 1.165) is 27.7 Å². The van der Waals surface area contributed by atoms with Crippen molar-refractivity contribution in [3.63, 3.8) is 0 Å². The van der Waals surface area contributed by atoms with Gasteiger partial charge in [0.25, 0.3) is 11.8 Å². The molecular weight excluding hydrogens is 384 g/mol. The van der Waals surface area contributed by atoms with Gasteiger partial charge in [-0.3, -0.25) is 20.4 Å². The molecule has 0 aliphatic carbocycles. The number of rotatable bonds is 5. The molecule has 2 N–H and O–H groups in total. The van der Waals surface area contributed by atoms with Crippen LogP contribution in [0.4, 0.5) is 0 Å². The van der Waals surface area contributed by atoms with Crippen molar-refractivity contribution >= 4 is 23.6 Å². The third-order valence-electron chi connectivity index (χ3n) is 4.15. The standard InChI is InChI=1S/C22H22N4O2S/c1-14-4-8-18(9-5-14)20(27)25-26-21(28)19-10-6-17(7-11-19)13-29-22-23-15(2)12-16(3)24-22/h4-12H,13H2,1-3H3,(H,25,27)(H,26,28). The third kappa shape index (κ3) is 5.89. The Bertz CT molecular complexity index is 998. The Balaban J connectivity index is 1.53. The monoisotopic (exact) mass is 406 g/mol. The first kappa shape index (κ1) is 20.5. The highest BCUT2D eigenvalue weighted by molar-refractivity contribution is 7.98. The van der Waals surface area contributed by atoms with Crippen LogP contribution in [0.1, 0.15) is 43.2 Å². The van der Waals surface area contributed by atoms with Crippen LogP contribution in [0.5, 0.6) is 0 Å². The van der Waals surface area contributed by atoms with E-state index in [1.807, 2.05) is 51.1 Å². The number of benzene rings is 2. The molecule has 0 atom stereocenters. The molecule has 0 radical (unpaired) electrons. The van der Waals surface area contributed by atoms with Crippen molar-refractivity contribution in [3.8, 4) is 0 Å². The molecule has 3 rings (SSSR count). The van der Waals surface area contributed by atoms with Crippen molar-refractivity contribution < 1.29 is 9.59 Å². The summed E-state index contributed by atoms with van der Waals surface area (Å²) in [5, 5.41) is 0.739. The smallest absolute Gasteiger partial charge is 0.267 e. The molecule has 0 aliphatic heterocycles. The van der Waals surface area contributed by atoms with E-state index in [1.54, 1.807) is 36.0 Å². The Morgan fingerprint density at radius 1 is 0.793 bits per heavy atom. The molecule has 2 amide bonds. The summed E-state index contributed by atoms with van der Waals surface area (Å²) in [6.07, 6.45) is 0. The molecule has 0 bridgehead atoms. The van der Waals surface area contributed by atoms with Gasteiger partial charge in [0.05, 0.1) is 0 Å². The zero-order valence-corrected chi connectivity index (χ0v) is 17.3. The molecule has 2 aromatic carbocycles. The highest BCUT2D eigenvalue weighted by atomic mass is 32.2. The summed E-state index contributed by atoms with van der Waals surface area (Å²) in [4.78, 5) is 33.1. The molecule has 3 aromatic rings. The van der Waals surface area contributed by atoms with Gasteiger partial charge in [0.2, 0.25) is 0 Å². The molecule has 29 heavy (non-hydrogen) atoms. The topological polar surface area (TPSA) is 84.0 Å². The lowest BCUT2D eigenvalue weighted by molar-refractivity contribution is 0.0846. The molecule has 0 aliphatic rings. The van der Waals surface area contributed by atoms with E-state index in [9.17, 15) is 9.59 Å². The fourth-order valence-electron chi connectivity index (χ4n) is 2.62. The van der Waals surface area contributed by atoms with E-state index in [4.69, 9.17) is 0 Å². The molecule has 1 aromatic heterocycles. The van der Waals surface area contributed by atoms with Crippen LogP contribution in [0.25, 0.3) is 0 Å². The number of hydrogen-bond acceptors (Lipinski definition) is 5. The number of carbonyl (C=O) groups is 2. The molecular formula is C22H22N4O2S. The summed E-state index contributed by atoms with van der Waals surface area (Å²) in [6, 6.07) is 16.3. The first-order valence-corrected chi connectivity index (χ1v) is 10.1. The Morgan fingerprint density at radius 2 is 1.28 bits per heavy atom. The number of nitrogens with zero attached hydrogens (tertiary/aromatic N) is 2. The molecule has 0 fully saturated rings. The van der Waals surface area contributed by atoms with Gasteiger partial charge in [0, 0.05) is 28.3 Å². The summed E-state index contributed by atoms with van der Waals surface area (Å²) in [7, 11) is 0. The van der Waals surface area contributed by atoms with Crippen molar-refractivity contribution in [2.45, 2.75) is 31.7 Å². The van der Waals surface area contributed by atoms with Gasteiger partial charge >= 0.3 is 0 Å². The maximum absolute atomic E-state index is 12.2. The second-order valence-corrected chi connectivity index (χ2v) is 7.64. The number of hydrogen-bond donors (Lipinski definition) is 2. The highest BCUT2D eigenvalue weighted by Crippen LogP contribution is 2.20. The summed E-state index contributed by atoms with van der Waals surface area (Å²) in [5.74, 6) is -0.0308. The molecule has 0 spiro atoms. The largest absolute Gasteiger partial charge is 0.269 e. The zero-order valence-electron chi connectivity index (χ0n) is 16.5. The van der Waals surface area contributed by atoms with Gasteiger partial charge in [0.1, 0.15) is 0 Å². The Morgan fingerprint density at radius 3 is 1.79 bits per heavy atom. The number of aromatic nitrogens is 2. The summed E-state index contributed by atoms with van der Waals surface area (Å²) in [6.45, 7) is 5.84. The molecule has 6 nitrogen and oxygen atoms in total. The van der Waals surface area contributed by atoms with Crippen LogP contribution in [0.3, 0.4) is 0 Å². The number of nitrogens with one attached hydrogen (secondary N) is 2. The Hall–Kier alpha value is -3.19. The average Bonchev–Trinajstić information content (AvgIpc) is 2.70. The molecule has 0 saturated heterocycles. The van der Waals surface area contributed by atoms with Gasteiger partial charge in [-0.2, -0.15) is 0 Å². The molecule has 0 unspecified atom stereocenters. The summed E-state index contributed by atoms with van der Waals surface area (Å²) >= 11 is 1.55. The zero-order chi connectivity index (χ0) is 20.8. The van der Waals surface area contributed by atoms with E-state index in [1.165, 1.54) is 0 Å². The first-order valence-electron chi connectivity index (χ1n) is 9.12. The van der Waals surface area contributed by atoms with Crippen LogP contribution < -0.4 is 10.9 Å². The van der Waals surface area contributed by atoms with Gasteiger partial charge in [-0.1, -0.05) is 41.6 Å². The normalized spacial score (nSPS) is 10.4. The van der Waals surface area contributed by atoms with Crippen LogP contribution in [0, 0.1) is 20.8 Å². The van der Waals surface area contributed by atoms with Gasteiger partial charge in [0.15, 0.2) is 5.16 Å². The summed E-state index contributed by atoms with van der Waals surface area (Å²) < 4.78 is 0. The quantitative estimate of drug-likeness (QED) is 0.383. The first-order chi connectivity index (χ1) is 13.9. The minimum Gasteiger partial charge on any atom is -0.267 e. The van der Waals surface area contributed by atoms with Crippen molar-refractivity contribution in [3.05, 3.63) is 88.2 Å². The van der Waals surface area contributed by atoms with Gasteiger partial charge < -0.3 is 0 Å². The van der Waals surface area contributed by atoms with Crippen LogP contribution >= 0.6 is 11.8 Å². The second kappa shape index (κ2) is 9.34. The number of carbonyl (C=O) groups excluding carboxylic acids is 2. The van der Waals surface area contributed by atoms with Crippen molar-refractivity contribution in [2.75, 3.05) is 0 Å². The van der Waals surface area contributed by atoms with Gasteiger partial charge in [-0.05, 0) is 56.7 Å². The highest BCUT2D eigenvalue weighted by Gasteiger charge is 2.09. The van der Waals surface area contributed by atoms with Gasteiger partial charge in [-0.25, -0.2) is 9.97 Å². The molecule has 1 heterocycles. The number of thioether (sulfide) groups is 1. The molecule has 0 saturated carbocycles. The number of aryl methyl sites for hydroxylation is 3. The van der Waals surface area contributed by atoms with Crippen LogP contribution in [0.15, 0.2) is 59.8 Å². The Kier molecular flexibility index (Phi) is 6.61. The Labute approximate surface area is 174 Å². The van der Waals surface area contributed by atoms with Crippen molar-refractivity contribution in [1.29, 1.82) is 0 Å². The van der Waals surface area contributed by atoms with Crippen molar-refractivity contribution in [1.82, 2.24) is 20.8 Å². The maximum Gasteiger partial charge on any atom is 0.269 e. The minimum absolute atomic E-state index is 0.361. The number of hydrazine groups is 1. The van der Waals surface area contributed by atoms with E-state index in [-0.39, 0.29) is 11.8 Å². The van der Waals surface area contributed by atoms with Gasteiger partial charge in [-0.15, -0.1) is 0 Å². The lowest BCUT2D eigenvalue weighted by Crippen LogP contribution is -2.41. The lowest BCUT2D eigenvalue weighted by atomic mass is 10.1. The van der Waals surface area contributed by atoms with E-state index in [2.05, 4.69) is 20.8 Å². The lowest BCUT2D eigenvalue weighted by Gasteiger charge is -2.08. The minimum atomic E-state index is -0.373. The third-order valence-corrected chi connectivity index (χ3v) is 5.07. The van der Waals surface area contributed by atoms with Crippen LogP contribution in [-0.4, -0.2) is 21.8 Å².